The Morgan fingerprint density at radius 2 is 1.42 bits per heavy atom. The van der Waals surface area contributed by atoms with Crippen molar-refractivity contribution in [3.63, 3.8) is 0 Å². The van der Waals surface area contributed by atoms with Gasteiger partial charge < -0.3 is 20.9 Å². The molecule has 0 aliphatic rings. The Hall–Kier alpha value is -1.11. The molecule has 0 unspecified atom stereocenters. The summed E-state index contributed by atoms with van der Waals surface area (Å²) in [6, 6.07) is 1.20. The van der Waals surface area contributed by atoms with E-state index < -0.39 is 0 Å². The van der Waals surface area contributed by atoms with Gasteiger partial charge in [-0.25, -0.2) is 0 Å². The number of hydrogen-bond donors (Lipinski definition) is 4. The Kier molecular flexibility index (Phi) is 13.4. The predicted molar refractivity (Wildman–Crippen MR) is 120 cm³/mol. The molecule has 6 nitrogen and oxygen atoms in total. The largest absolute Gasteiger partial charge is 0.355 e. The Morgan fingerprint density at radius 1 is 0.846 bits per heavy atom. The van der Waals surface area contributed by atoms with Crippen LogP contribution in [0.2, 0.25) is 0 Å². The van der Waals surface area contributed by atoms with Gasteiger partial charge in [0.2, 0.25) is 0 Å². The van der Waals surface area contributed by atoms with Gasteiger partial charge in [-0.15, -0.1) is 0 Å². The number of rotatable bonds is 10. The van der Waals surface area contributed by atoms with E-state index in [9.17, 15) is 0 Å². The quantitative estimate of drug-likeness (QED) is 0.265. The molecule has 0 atom stereocenters. The van der Waals surface area contributed by atoms with E-state index in [0.29, 0.717) is 12.1 Å². The standard InChI is InChI=1S/C19H42N6S/c1-14(2)21-18(22-15(3)4)20-10-12-25(11-9-13-26)19(23-16(5)6)24-17(7)8/h14-17,26H,9-13H2,1-8H3,(H,23,24)(H2,20,21,22). The van der Waals surface area contributed by atoms with E-state index in [1.54, 1.807) is 0 Å². The van der Waals surface area contributed by atoms with Crippen LogP contribution in [0.25, 0.3) is 0 Å². The van der Waals surface area contributed by atoms with E-state index in [1.807, 2.05) is 0 Å². The molecule has 0 aliphatic carbocycles. The topological polar surface area (TPSA) is 64.0 Å². The number of hydrogen-bond acceptors (Lipinski definition) is 3. The van der Waals surface area contributed by atoms with Crippen molar-refractivity contribution >= 4 is 24.5 Å². The molecule has 0 amide bonds. The van der Waals surface area contributed by atoms with E-state index in [2.05, 4.69) is 93.9 Å². The lowest BCUT2D eigenvalue weighted by Gasteiger charge is -2.29. The average Bonchev–Trinajstić information content (AvgIpc) is 2.47. The monoisotopic (exact) mass is 386 g/mol. The first kappa shape index (κ1) is 24.9. The molecule has 7 heteroatoms. The first-order valence-corrected chi connectivity index (χ1v) is 10.6. The molecule has 0 radical (unpaired) electrons. The summed E-state index contributed by atoms with van der Waals surface area (Å²) in [5.74, 6) is 2.70. The van der Waals surface area contributed by atoms with Crippen LogP contribution < -0.4 is 16.0 Å². The molecule has 0 rings (SSSR count). The van der Waals surface area contributed by atoms with Crippen molar-refractivity contribution in [3.05, 3.63) is 0 Å². The molecule has 0 saturated heterocycles. The van der Waals surface area contributed by atoms with E-state index in [4.69, 9.17) is 4.99 Å². The minimum atomic E-state index is 0.253. The zero-order chi connectivity index (χ0) is 20.1. The van der Waals surface area contributed by atoms with E-state index in [-0.39, 0.29) is 12.1 Å². The van der Waals surface area contributed by atoms with Crippen molar-refractivity contribution < 1.29 is 0 Å². The van der Waals surface area contributed by atoms with Gasteiger partial charge in [0.15, 0.2) is 11.9 Å². The summed E-state index contributed by atoms with van der Waals surface area (Å²) in [7, 11) is 0. The Morgan fingerprint density at radius 3 is 1.88 bits per heavy atom. The van der Waals surface area contributed by atoms with Gasteiger partial charge in [0.05, 0.1) is 0 Å². The molecule has 0 aromatic heterocycles. The predicted octanol–water partition coefficient (Wildman–Crippen LogP) is 2.72. The van der Waals surface area contributed by atoms with Crippen LogP contribution in [0.15, 0.2) is 9.98 Å². The highest BCUT2D eigenvalue weighted by atomic mass is 32.1. The molecule has 0 heterocycles. The zero-order valence-corrected chi connectivity index (χ0v) is 19.0. The van der Waals surface area contributed by atoms with Crippen molar-refractivity contribution in [3.8, 4) is 0 Å². The highest BCUT2D eigenvalue weighted by molar-refractivity contribution is 7.80. The van der Waals surface area contributed by atoms with E-state index in [0.717, 1.165) is 43.7 Å². The molecule has 0 spiro atoms. The highest BCUT2D eigenvalue weighted by Crippen LogP contribution is 1.99. The van der Waals surface area contributed by atoms with Crippen LogP contribution in [-0.2, 0) is 0 Å². The van der Waals surface area contributed by atoms with Crippen molar-refractivity contribution in [2.75, 3.05) is 25.4 Å². The number of guanidine groups is 2. The first-order chi connectivity index (χ1) is 12.1. The van der Waals surface area contributed by atoms with Crippen molar-refractivity contribution in [1.82, 2.24) is 20.9 Å². The van der Waals surface area contributed by atoms with Crippen LogP contribution >= 0.6 is 12.6 Å². The lowest BCUT2D eigenvalue weighted by molar-refractivity contribution is 0.397. The number of thiol groups is 1. The molecule has 154 valence electrons. The zero-order valence-electron chi connectivity index (χ0n) is 18.1. The van der Waals surface area contributed by atoms with Gasteiger partial charge in [0.1, 0.15) is 0 Å². The third-order valence-corrected chi connectivity index (χ3v) is 3.49. The first-order valence-electron chi connectivity index (χ1n) is 9.94. The van der Waals surface area contributed by atoms with Crippen LogP contribution in [0, 0.1) is 0 Å². The van der Waals surface area contributed by atoms with Gasteiger partial charge in [-0.1, -0.05) is 0 Å². The van der Waals surface area contributed by atoms with Gasteiger partial charge in [0.25, 0.3) is 0 Å². The Bertz CT molecular complexity index is 418. The third kappa shape index (κ3) is 13.1. The molecule has 0 fully saturated rings. The molecule has 3 N–H and O–H groups in total. The van der Waals surface area contributed by atoms with Crippen molar-refractivity contribution in [1.29, 1.82) is 0 Å². The number of nitrogens with zero attached hydrogens (tertiary/aromatic N) is 3. The Labute approximate surface area is 167 Å². The van der Waals surface area contributed by atoms with Gasteiger partial charge >= 0.3 is 0 Å². The third-order valence-electron chi connectivity index (χ3n) is 3.17. The lowest BCUT2D eigenvalue weighted by atomic mass is 10.3. The van der Waals surface area contributed by atoms with Crippen molar-refractivity contribution in [2.24, 2.45) is 9.98 Å². The molecule has 0 aromatic carbocycles. The smallest absolute Gasteiger partial charge is 0.194 e. The molecule has 0 aromatic rings. The fourth-order valence-corrected chi connectivity index (χ4v) is 2.41. The maximum atomic E-state index is 4.80. The summed E-state index contributed by atoms with van der Waals surface area (Å²) in [4.78, 5) is 11.7. The second kappa shape index (κ2) is 14.0. The maximum Gasteiger partial charge on any atom is 0.194 e. The lowest BCUT2D eigenvalue weighted by Crippen LogP contribution is -2.49. The fourth-order valence-electron chi connectivity index (χ4n) is 2.27. The average molecular weight is 387 g/mol. The van der Waals surface area contributed by atoms with Gasteiger partial charge in [-0.3, -0.25) is 9.98 Å². The molecular formula is C19H42N6S. The summed E-state index contributed by atoms with van der Waals surface area (Å²) >= 11 is 4.37. The van der Waals surface area contributed by atoms with Crippen LogP contribution in [0.1, 0.15) is 61.8 Å². The second-order valence-corrected chi connectivity index (χ2v) is 8.15. The van der Waals surface area contributed by atoms with Crippen LogP contribution in [0.3, 0.4) is 0 Å². The SMILES string of the molecule is CC(C)N=C(NCCN(CCCS)C(=NC(C)C)NC(C)C)NC(C)C. The number of aliphatic imine (C=N–C) groups is 2. The van der Waals surface area contributed by atoms with Gasteiger partial charge in [-0.2, -0.15) is 12.6 Å². The minimum absolute atomic E-state index is 0.253. The number of nitrogens with one attached hydrogen (secondary N) is 3. The summed E-state index contributed by atoms with van der Waals surface area (Å²) in [6.07, 6.45) is 1.02. The van der Waals surface area contributed by atoms with Crippen LogP contribution in [0.5, 0.6) is 0 Å². The molecule has 0 aliphatic heterocycles. The van der Waals surface area contributed by atoms with Crippen LogP contribution in [-0.4, -0.2) is 66.4 Å². The highest BCUT2D eigenvalue weighted by Gasteiger charge is 2.13. The molecule has 0 bridgehead atoms. The fraction of sp³-hybridized carbons (Fsp3) is 0.895. The molecule has 0 saturated carbocycles. The van der Waals surface area contributed by atoms with Crippen molar-refractivity contribution in [2.45, 2.75) is 86.0 Å². The summed E-state index contributed by atoms with van der Waals surface area (Å²) in [6.45, 7) is 19.5. The summed E-state index contributed by atoms with van der Waals surface area (Å²) < 4.78 is 0. The van der Waals surface area contributed by atoms with E-state index in [1.165, 1.54) is 0 Å². The van der Waals surface area contributed by atoms with E-state index >= 15 is 0 Å². The minimum Gasteiger partial charge on any atom is -0.355 e. The summed E-state index contributed by atoms with van der Waals surface area (Å²) in [5, 5.41) is 10.3. The molecule has 26 heavy (non-hydrogen) atoms. The van der Waals surface area contributed by atoms with Crippen LogP contribution in [0.4, 0.5) is 0 Å². The summed E-state index contributed by atoms with van der Waals surface area (Å²) in [5.41, 5.74) is 0. The Balaban J connectivity index is 5.01. The molecular weight excluding hydrogens is 344 g/mol. The second-order valence-electron chi connectivity index (χ2n) is 7.71. The maximum absolute atomic E-state index is 4.80. The van der Waals surface area contributed by atoms with Gasteiger partial charge in [0, 0.05) is 43.8 Å². The van der Waals surface area contributed by atoms with Gasteiger partial charge in [-0.05, 0) is 67.6 Å². The normalized spacial score (nSPS) is 13.1.